The van der Waals surface area contributed by atoms with Crippen LogP contribution in [0.4, 0.5) is 27.5 Å². The van der Waals surface area contributed by atoms with E-state index in [2.05, 4.69) is 64.7 Å². The minimum Gasteiger partial charge on any atom is -0.453 e. The van der Waals surface area contributed by atoms with Crippen molar-refractivity contribution in [3.05, 3.63) is 48.0 Å². The van der Waals surface area contributed by atoms with Crippen molar-refractivity contribution in [1.29, 1.82) is 0 Å². The molecule has 0 bridgehead atoms. The van der Waals surface area contributed by atoms with Crippen LogP contribution in [0.3, 0.4) is 0 Å². The maximum atomic E-state index is 12.8. The summed E-state index contributed by atoms with van der Waals surface area (Å²) in [4.78, 5) is 25.0. The molecule has 0 unspecified atom stereocenters. The topological polar surface area (TPSA) is 117 Å². The van der Waals surface area contributed by atoms with Crippen LogP contribution in [-0.2, 0) is 9.53 Å². The Labute approximate surface area is 242 Å². The highest BCUT2D eigenvalue weighted by molar-refractivity contribution is 6.06. The van der Waals surface area contributed by atoms with Gasteiger partial charge in [0.15, 0.2) is 11.5 Å². The normalized spacial score (nSPS) is 13.0. The number of amides is 2. The first-order chi connectivity index (χ1) is 19.5. The van der Waals surface area contributed by atoms with Crippen LogP contribution < -0.4 is 31.3 Å². The molecule has 1 aliphatic rings. The van der Waals surface area contributed by atoms with E-state index in [0.29, 0.717) is 19.5 Å². The van der Waals surface area contributed by atoms with E-state index in [4.69, 9.17) is 9.47 Å². The SMILES string of the molecule is CC[NH2+]c1cc2c(cc1C)Nc1c(cc(NCCCNC(=O)[C@@H](NC(=O)OC(C)(C)C)C(C)C)c3ccccc13)O2. The van der Waals surface area contributed by atoms with Gasteiger partial charge in [0, 0.05) is 47.2 Å². The van der Waals surface area contributed by atoms with Crippen LogP contribution in [0, 0.1) is 12.8 Å². The fourth-order valence-corrected chi connectivity index (χ4v) is 4.89. The molecular weight excluding hydrogens is 518 g/mol. The quantitative estimate of drug-likeness (QED) is 0.125. The number of carbonyl (C=O) groups is 2. The first-order valence-electron chi connectivity index (χ1n) is 14.5. The maximum Gasteiger partial charge on any atom is 0.408 e. The lowest BCUT2D eigenvalue weighted by Crippen LogP contribution is -2.77. The van der Waals surface area contributed by atoms with Crippen molar-refractivity contribution < 1.29 is 24.4 Å². The third-order valence-corrected chi connectivity index (χ3v) is 6.87. The Hall–Kier alpha value is -3.98. The Kier molecular flexibility index (Phi) is 9.28. The number of nitrogens with one attached hydrogen (secondary N) is 4. The molecule has 41 heavy (non-hydrogen) atoms. The van der Waals surface area contributed by atoms with Gasteiger partial charge in [-0.15, -0.1) is 0 Å². The van der Waals surface area contributed by atoms with Gasteiger partial charge in [0.05, 0.1) is 17.9 Å². The Morgan fingerprint density at radius 2 is 1.78 bits per heavy atom. The van der Waals surface area contributed by atoms with Crippen LogP contribution in [0.2, 0.25) is 0 Å². The van der Waals surface area contributed by atoms with Gasteiger partial charge in [-0.2, -0.15) is 0 Å². The van der Waals surface area contributed by atoms with Crippen molar-refractivity contribution in [3.8, 4) is 11.5 Å². The van der Waals surface area contributed by atoms with Crippen molar-refractivity contribution in [1.82, 2.24) is 10.6 Å². The number of nitrogens with two attached hydrogens (primary N) is 1. The van der Waals surface area contributed by atoms with Crippen LogP contribution in [0.15, 0.2) is 42.5 Å². The lowest BCUT2D eigenvalue weighted by molar-refractivity contribution is -0.568. The summed E-state index contributed by atoms with van der Waals surface area (Å²) in [6, 6.07) is 13.8. The Morgan fingerprint density at radius 1 is 1.05 bits per heavy atom. The molecule has 3 aromatic rings. The summed E-state index contributed by atoms with van der Waals surface area (Å²) in [7, 11) is 0. The molecule has 0 fully saturated rings. The molecule has 1 atom stereocenters. The smallest absolute Gasteiger partial charge is 0.408 e. The second-order valence-corrected chi connectivity index (χ2v) is 11.8. The van der Waals surface area contributed by atoms with E-state index in [9.17, 15) is 9.59 Å². The van der Waals surface area contributed by atoms with E-state index in [1.165, 1.54) is 11.3 Å². The largest absolute Gasteiger partial charge is 0.453 e. The summed E-state index contributed by atoms with van der Waals surface area (Å²) in [5, 5.41) is 17.1. The van der Waals surface area contributed by atoms with E-state index in [-0.39, 0.29) is 11.8 Å². The van der Waals surface area contributed by atoms with Crippen molar-refractivity contribution in [3.63, 3.8) is 0 Å². The van der Waals surface area contributed by atoms with Crippen molar-refractivity contribution in [2.24, 2.45) is 5.92 Å². The molecule has 6 N–H and O–H groups in total. The molecule has 0 aliphatic carbocycles. The molecule has 1 heterocycles. The highest BCUT2D eigenvalue weighted by Gasteiger charge is 2.27. The van der Waals surface area contributed by atoms with Gasteiger partial charge in [-0.05, 0) is 53.0 Å². The molecule has 3 aromatic carbocycles. The molecule has 2 amide bonds. The zero-order valence-corrected chi connectivity index (χ0v) is 25.2. The average molecular weight is 563 g/mol. The molecule has 9 heteroatoms. The van der Waals surface area contributed by atoms with Gasteiger partial charge in [0.1, 0.15) is 17.3 Å². The van der Waals surface area contributed by atoms with E-state index >= 15 is 0 Å². The highest BCUT2D eigenvalue weighted by Crippen LogP contribution is 2.48. The van der Waals surface area contributed by atoms with E-state index < -0.39 is 17.7 Å². The summed E-state index contributed by atoms with van der Waals surface area (Å²) >= 11 is 0. The number of hydrogen-bond acceptors (Lipinski definition) is 6. The number of quaternary nitrogens is 1. The molecule has 0 radical (unpaired) electrons. The predicted molar refractivity (Wildman–Crippen MR) is 165 cm³/mol. The number of carbonyl (C=O) groups excluding carboxylic acids is 2. The molecular formula is C32H44N5O4+. The molecule has 9 nitrogen and oxygen atoms in total. The number of rotatable bonds is 10. The molecule has 0 saturated carbocycles. The number of aryl methyl sites for hydroxylation is 1. The van der Waals surface area contributed by atoms with Crippen molar-refractivity contribution >= 4 is 45.5 Å². The number of hydrogen-bond donors (Lipinski definition) is 5. The maximum absolute atomic E-state index is 12.8. The molecule has 220 valence electrons. The fraction of sp³-hybridized carbons (Fsp3) is 0.438. The van der Waals surface area contributed by atoms with E-state index in [0.717, 1.165) is 45.9 Å². The van der Waals surface area contributed by atoms with Gasteiger partial charge >= 0.3 is 6.09 Å². The van der Waals surface area contributed by atoms with Crippen molar-refractivity contribution in [2.45, 2.75) is 66.5 Å². The number of benzene rings is 3. The summed E-state index contributed by atoms with van der Waals surface area (Å²) < 4.78 is 11.7. The first-order valence-corrected chi connectivity index (χ1v) is 14.5. The molecule has 0 aromatic heterocycles. The minimum absolute atomic E-state index is 0.0823. The average Bonchev–Trinajstić information content (AvgIpc) is 2.90. The summed E-state index contributed by atoms with van der Waals surface area (Å²) in [6.45, 7) is 15.5. The number of alkyl carbamates (subject to hydrolysis) is 1. The monoisotopic (exact) mass is 562 g/mol. The van der Waals surface area contributed by atoms with Crippen LogP contribution >= 0.6 is 0 Å². The number of anilines is 3. The molecule has 0 saturated heterocycles. The Morgan fingerprint density at radius 3 is 2.46 bits per heavy atom. The first kappa shape index (κ1) is 30.0. The highest BCUT2D eigenvalue weighted by atomic mass is 16.6. The Balaban J connectivity index is 1.40. The molecule has 1 aliphatic heterocycles. The zero-order chi connectivity index (χ0) is 29.7. The van der Waals surface area contributed by atoms with Crippen LogP contribution in [0.1, 0.15) is 53.5 Å². The zero-order valence-electron chi connectivity index (χ0n) is 25.2. The summed E-state index contributed by atoms with van der Waals surface area (Å²) in [6.07, 6.45) is 0.104. The predicted octanol–water partition coefficient (Wildman–Crippen LogP) is 5.68. The van der Waals surface area contributed by atoms with Gasteiger partial charge < -0.3 is 36.1 Å². The van der Waals surface area contributed by atoms with Gasteiger partial charge in [-0.3, -0.25) is 4.79 Å². The third kappa shape index (κ3) is 7.41. The number of ether oxygens (including phenoxy) is 2. The second-order valence-electron chi connectivity index (χ2n) is 11.8. The van der Waals surface area contributed by atoms with Gasteiger partial charge in [0.25, 0.3) is 0 Å². The molecule has 0 spiro atoms. The summed E-state index contributed by atoms with van der Waals surface area (Å²) in [5.74, 6) is 1.27. The van der Waals surface area contributed by atoms with Crippen LogP contribution in [0.5, 0.6) is 11.5 Å². The van der Waals surface area contributed by atoms with Gasteiger partial charge in [-0.1, -0.05) is 38.1 Å². The third-order valence-electron chi connectivity index (χ3n) is 6.87. The lowest BCUT2D eigenvalue weighted by atomic mass is 10.0. The summed E-state index contributed by atoms with van der Waals surface area (Å²) in [5.41, 5.74) is 4.64. The molecule has 4 rings (SSSR count). The van der Waals surface area contributed by atoms with Gasteiger partial charge in [-0.25, -0.2) is 4.79 Å². The second kappa shape index (κ2) is 12.7. The van der Waals surface area contributed by atoms with Gasteiger partial charge in [0.2, 0.25) is 5.91 Å². The fourth-order valence-electron chi connectivity index (χ4n) is 4.89. The number of fused-ring (bicyclic) bond motifs is 4. The Bertz CT molecular complexity index is 1410. The van der Waals surface area contributed by atoms with Crippen LogP contribution in [-0.4, -0.2) is 43.3 Å². The van der Waals surface area contributed by atoms with E-state index in [1.54, 1.807) is 20.8 Å². The van der Waals surface area contributed by atoms with Crippen LogP contribution in [0.25, 0.3) is 10.8 Å². The standard InChI is InChI=1S/C32H43N5O4/c1-8-33-23-17-26-25(16-20(23)4)36-29-22-13-10-9-12-21(22)24(18-27(29)40-26)34-14-11-15-35-30(38)28(19(2)3)37-31(39)41-32(5,6)7/h9-10,12-13,16-19,28,33-34,36H,8,11,14-15H2,1-7H3,(H,35,38)(H,37,39)/p+1/t28-/m0/s1. The van der Waals surface area contributed by atoms with Crippen molar-refractivity contribution in [2.75, 3.05) is 30.3 Å². The minimum atomic E-state index is -0.672. The van der Waals surface area contributed by atoms with E-state index in [1.807, 2.05) is 32.0 Å². The lowest BCUT2D eigenvalue weighted by Gasteiger charge is -2.26.